The molecule has 1 saturated carbocycles. The molecule has 1 fully saturated rings. The maximum absolute atomic E-state index is 12.9. The number of amides is 1. The number of nitrogens with one attached hydrogen (secondary N) is 1. The van der Waals surface area contributed by atoms with Crippen molar-refractivity contribution in [1.82, 2.24) is 20.1 Å². The van der Waals surface area contributed by atoms with Crippen LogP contribution in [0.25, 0.3) is 10.8 Å². The monoisotopic (exact) mass is 386 g/mol. The Balaban J connectivity index is 1.64. The fourth-order valence-electron chi connectivity index (χ4n) is 3.87. The van der Waals surface area contributed by atoms with Crippen molar-refractivity contribution < 1.29 is 4.79 Å². The van der Waals surface area contributed by atoms with Crippen molar-refractivity contribution in [3.05, 3.63) is 60.2 Å². The van der Waals surface area contributed by atoms with Gasteiger partial charge in [0.25, 0.3) is 5.91 Å². The summed E-state index contributed by atoms with van der Waals surface area (Å²) in [6.07, 6.45) is 12.1. The summed E-state index contributed by atoms with van der Waals surface area (Å²) in [7, 11) is 0. The SMILES string of the molecule is CC(C)n1cc(C(=O)NC2(C#Cc3cncc4ccccc34)CCCCC2)cn1. The fourth-order valence-corrected chi connectivity index (χ4v) is 3.87. The molecule has 0 spiro atoms. The number of pyridine rings is 1. The summed E-state index contributed by atoms with van der Waals surface area (Å²) in [5, 5.41) is 9.68. The lowest BCUT2D eigenvalue weighted by molar-refractivity contribution is 0.0903. The van der Waals surface area contributed by atoms with Crippen LogP contribution < -0.4 is 5.32 Å². The number of aromatic nitrogens is 3. The van der Waals surface area contributed by atoms with Gasteiger partial charge in [-0.25, -0.2) is 0 Å². The molecule has 29 heavy (non-hydrogen) atoms. The first-order chi connectivity index (χ1) is 14.1. The maximum atomic E-state index is 12.9. The van der Waals surface area contributed by atoms with E-state index >= 15 is 0 Å². The molecule has 148 valence electrons. The molecule has 1 N–H and O–H groups in total. The van der Waals surface area contributed by atoms with Crippen LogP contribution in [0.1, 0.15) is 67.9 Å². The van der Waals surface area contributed by atoms with Crippen molar-refractivity contribution in [3.63, 3.8) is 0 Å². The molecule has 1 amide bonds. The molecule has 2 heterocycles. The molecule has 0 atom stereocenters. The first-order valence-corrected chi connectivity index (χ1v) is 10.3. The fraction of sp³-hybridized carbons (Fsp3) is 0.375. The summed E-state index contributed by atoms with van der Waals surface area (Å²) in [6.45, 7) is 4.09. The minimum Gasteiger partial charge on any atom is -0.336 e. The van der Waals surface area contributed by atoms with E-state index in [1.807, 2.05) is 38.2 Å². The minimum atomic E-state index is -0.508. The molecule has 0 saturated heterocycles. The van der Waals surface area contributed by atoms with Gasteiger partial charge in [-0.15, -0.1) is 0 Å². The average molecular weight is 386 g/mol. The van der Waals surface area contributed by atoms with Gasteiger partial charge in [-0.2, -0.15) is 5.10 Å². The van der Waals surface area contributed by atoms with E-state index in [0.29, 0.717) is 5.56 Å². The predicted molar refractivity (Wildman–Crippen MR) is 115 cm³/mol. The first-order valence-electron chi connectivity index (χ1n) is 10.3. The van der Waals surface area contributed by atoms with E-state index < -0.39 is 5.54 Å². The summed E-state index contributed by atoms with van der Waals surface area (Å²) in [4.78, 5) is 17.3. The molecule has 0 unspecified atom stereocenters. The standard InChI is InChI=1S/C24H26N4O/c1-18(2)28-17-21(16-26-28)23(29)27-24(11-6-3-7-12-24)13-10-20-15-25-14-19-8-4-5-9-22(19)20/h4-5,8-9,14-18H,3,6-7,11-12H2,1-2H3,(H,27,29). The van der Waals surface area contributed by atoms with Crippen LogP contribution in [0.3, 0.4) is 0 Å². The van der Waals surface area contributed by atoms with E-state index in [2.05, 4.69) is 33.3 Å². The number of nitrogens with zero attached hydrogens (tertiary/aromatic N) is 3. The van der Waals surface area contributed by atoms with E-state index in [1.165, 1.54) is 6.42 Å². The van der Waals surface area contributed by atoms with Crippen molar-refractivity contribution in [2.24, 2.45) is 0 Å². The van der Waals surface area contributed by atoms with Crippen LogP contribution in [-0.2, 0) is 0 Å². The second-order valence-corrected chi connectivity index (χ2v) is 8.06. The molecule has 3 aromatic rings. The van der Waals surface area contributed by atoms with Crippen LogP contribution in [0, 0.1) is 11.8 Å². The Morgan fingerprint density at radius 2 is 1.93 bits per heavy atom. The summed E-state index contributed by atoms with van der Waals surface area (Å²) in [6, 6.07) is 8.34. The second-order valence-electron chi connectivity index (χ2n) is 8.06. The van der Waals surface area contributed by atoms with Gasteiger partial charge in [0.1, 0.15) is 5.54 Å². The van der Waals surface area contributed by atoms with Crippen molar-refractivity contribution in [2.45, 2.75) is 57.5 Å². The van der Waals surface area contributed by atoms with Crippen molar-refractivity contribution in [2.75, 3.05) is 0 Å². The molecular formula is C24H26N4O. The Labute approximate surface area is 171 Å². The van der Waals surface area contributed by atoms with Gasteiger partial charge in [0.2, 0.25) is 0 Å². The predicted octanol–water partition coefficient (Wildman–Crippen LogP) is 4.50. The van der Waals surface area contributed by atoms with Gasteiger partial charge in [0, 0.05) is 35.4 Å². The smallest absolute Gasteiger partial charge is 0.255 e. The lowest BCUT2D eigenvalue weighted by atomic mass is 9.81. The highest BCUT2D eigenvalue weighted by Crippen LogP contribution is 2.28. The van der Waals surface area contributed by atoms with E-state index in [0.717, 1.165) is 42.0 Å². The first kappa shape index (κ1) is 19.2. The van der Waals surface area contributed by atoms with Crippen molar-refractivity contribution >= 4 is 16.7 Å². The summed E-state index contributed by atoms with van der Waals surface area (Å²) < 4.78 is 1.80. The Morgan fingerprint density at radius 3 is 2.69 bits per heavy atom. The van der Waals surface area contributed by atoms with Crippen LogP contribution in [-0.4, -0.2) is 26.2 Å². The van der Waals surface area contributed by atoms with Crippen LogP contribution in [0.5, 0.6) is 0 Å². The largest absolute Gasteiger partial charge is 0.336 e. The molecule has 1 aliphatic carbocycles. The lowest BCUT2D eigenvalue weighted by Gasteiger charge is -2.33. The summed E-state index contributed by atoms with van der Waals surface area (Å²) >= 11 is 0. The molecule has 1 aromatic carbocycles. The highest BCUT2D eigenvalue weighted by Gasteiger charge is 2.32. The molecular weight excluding hydrogens is 360 g/mol. The van der Waals surface area contributed by atoms with Crippen LogP contribution in [0.4, 0.5) is 0 Å². The zero-order valence-electron chi connectivity index (χ0n) is 17.0. The Kier molecular flexibility index (Phi) is 5.35. The second kappa shape index (κ2) is 8.08. The number of rotatable bonds is 3. The normalized spacial score (nSPS) is 15.7. The van der Waals surface area contributed by atoms with Crippen LogP contribution in [0.15, 0.2) is 49.1 Å². The van der Waals surface area contributed by atoms with E-state index in [1.54, 1.807) is 23.3 Å². The molecule has 5 heteroatoms. The number of carbonyl (C=O) groups is 1. The van der Waals surface area contributed by atoms with Gasteiger partial charge in [0.15, 0.2) is 0 Å². The van der Waals surface area contributed by atoms with E-state index in [4.69, 9.17) is 0 Å². The van der Waals surface area contributed by atoms with E-state index in [-0.39, 0.29) is 11.9 Å². The molecule has 0 bridgehead atoms. The molecule has 2 aromatic heterocycles. The highest BCUT2D eigenvalue weighted by molar-refractivity contribution is 5.94. The number of hydrogen-bond acceptors (Lipinski definition) is 3. The lowest BCUT2D eigenvalue weighted by Crippen LogP contribution is -2.48. The van der Waals surface area contributed by atoms with Gasteiger partial charge in [-0.3, -0.25) is 14.5 Å². The van der Waals surface area contributed by atoms with Crippen molar-refractivity contribution in [1.29, 1.82) is 0 Å². The van der Waals surface area contributed by atoms with Gasteiger partial charge < -0.3 is 5.32 Å². The van der Waals surface area contributed by atoms with Gasteiger partial charge in [-0.1, -0.05) is 55.4 Å². The zero-order chi connectivity index (χ0) is 20.3. The molecule has 0 radical (unpaired) electrons. The molecule has 1 aliphatic rings. The minimum absolute atomic E-state index is 0.107. The van der Waals surface area contributed by atoms with E-state index in [9.17, 15) is 4.79 Å². The molecule has 5 nitrogen and oxygen atoms in total. The third kappa shape index (κ3) is 4.17. The summed E-state index contributed by atoms with van der Waals surface area (Å²) in [5.41, 5.74) is 0.971. The van der Waals surface area contributed by atoms with Gasteiger partial charge >= 0.3 is 0 Å². The molecule has 4 rings (SSSR count). The van der Waals surface area contributed by atoms with Crippen molar-refractivity contribution in [3.8, 4) is 11.8 Å². The Morgan fingerprint density at radius 1 is 1.14 bits per heavy atom. The zero-order valence-corrected chi connectivity index (χ0v) is 17.0. The quantitative estimate of drug-likeness (QED) is 0.675. The number of fused-ring (bicyclic) bond motifs is 1. The third-order valence-corrected chi connectivity index (χ3v) is 5.56. The van der Waals surface area contributed by atoms with Crippen LogP contribution in [0.2, 0.25) is 0 Å². The number of carbonyl (C=O) groups excluding carboxylic acids is 1. The summed E-state index contributed by atoms with van der Waals surface area (Å²) in [5.74, 6) is 6.65. The Hall–Kier alpha value is -3.13. The highest BCUT2D eigenvalue weighted by atomic mass is 16.1. The topological polar surface area (TPSA) is 59.8 Å². The number of benzene rings is 1. The maximum Gasteiger partial charge on any atom is 0.255 e. The molecule has 0 aliphatic heterocycles. The Bertz CT molecular complexity index is 1080. The third-order valence-electron chi connectivity index (χ3n) is 5.56. The average Bonchev–Trinajstić information content (AvgIpc) is 3.24. The van der Waals surface area contributed by atoms with Gasteiger partial charge in [0.05, 0.1) is 17.3 Å². The number of hydrogen-bond donors (Lipinski definition) is 1. The van der Waals surface area contributed by atoms with Crippen LogP contribution >= 0.6 is 0 Å². The van der Waals surface area contributed by atoms with Gasteiger partial charge in [-0.05, 0) is 26.7 Å².